The first-order valence-corrected chi connectivity index (χ1v) is 9.96. The van der Waals surface area contributed by atoms with E-state index in [4.69, 9.17) is 25.8 Å². The van der Waals surface area contributed by atoms with E-state index in [1.807, 2.05) is 30.3 Å². The smallest absolute Gasteiger partial charge is 0.162 e. The van der Waals surface area contributed by atoms with Crippen LogP contribution in [0.2, 0.25) is 5.02 Å². The van der Waals surface area contributed by atoms with Gasteiger partial charge in [-0.05, 0) is 47.1 Å². The number of rotatable bonds is 7. The number of nitrogens with one attached hydrogen (secondary N) is 1. The summed E-state index contributed by atoms with van der Waals surface area (Å²) in [4.78, 5) is 2.26. The topological polar surface area (TPSA) is 43.0 Å². The third-order valence-corrected chi connectivity index (χ3v) is 5.56. The van der Waals surface area contributed by atoms with Gasteiger partial charge in [-0.2, -0.15) is 0 Å². The van der Waals surface area contributed by atoms with Gasteiger partial charge in [-0.25, -0.2) is 0 Å². The van der Waals surface area contributed by atoms with Crippen molar-refractivity contribution in [3.05, 3.63) is 45.4 Å². The summed E-state index contributed by atoms with van der Waals surface area (Å²) in [5.74, 6) is 2.09. The lowest BCUT2D eigenvalue weighted by atomic mass is 10.2. The maximum absolute atomic E-state index is 6.33. The lowest BCUT2D eigenvalue weighted by Crippen LogP contribution is -2.21. The quantitative estimate of drug-likeness (QED) is 0.649. The first-order chi connectivity index (χ1) is 13.0. The Morgan fingerprint density at radius 2 is 1.89 bits per heavy atom. The fourth-order valence-electron chi connectivity index (χ4n) is 3.11. The first-order valence-electron chi connectivity index (χ1n) is 8.79. The van der Waals surface area contributed by atoms with Gasteiger partial charge in [0.15, 0.2) is 11.5 Å². The number of halogens is 2. The van der Waals surface area contributed by atoms with Crippen LogP contribution in [0.5, 0.6) is 17.2 Å². The maximum atomic E-state index is 6.33. The minimum atomic E-state index is 0.190. The summed E-state index contributed by atoms with van der Waals surface area (Å²) in [7, 11) is 5.35. The van der Waals surface area contributed by atoms with E-state index in [1.165, 1.54) is 0 Å². The third kappa shape index (κ3) is 5.00. The minimum absolute atomic E-state index is 0.190. The molecule has 7 heteroatoms. The van der Waals surface area contributed by atoms with Crippen LogP contribution in [-0.4, -0.2) is 45.4 Å². The average Bonchev–Trinajstić information content (AvgIpc) is 3.07. The lowest BCUT2D eigenvalue weighted by molar-refractivity contribution is 0.208. The van der Waals surface area contributed by atoms with E-state index >= 15 is 0 Å². The summed E-state index contributed by atoms with van der Waals surface area (Å²) in [5, 5.41) is 4.05. The molecule has 146 valence electrons. The molecule has 1 fully saturated rings. The number of nitrogens with zero attached hydrogens (tertiary/aromatic N) is 1. The number of anilines is 1. The normalized spacial score (nSPS) is 17.0. The largest absolute Gasteiger partial charge is 0.493 e. The van der Waals surface area contributed by atoms with Crippen molar-refractivity contribution < 1.29 is 14.2 Å². The molecule has 5 nitrogen and oxygen atoms in total. The molecule has 0 amide bonds. The Labute approximate surface area is 173 Å². The summed E-state index contributed by atoms with van der Waals surface area (Å²) >= 11 is 9.90. The highest BCUT2D eigenvalue weighted by Gasteiger charge is 2.21. The molecule has 1 aliphatic heterocycles. The Hall–Kier alpha value is -1.63. The minimum Gasteiger partial charge on any atom is -0.493 e. The zero-order valence-corrected chi connectivity index (χ0v) is 18.1. The number of ether oxygens (including phenoxy) is 3. The second-order valence-corrected chi connectivity index (χ2v) is 7.86. The van der Waals surface area contributed by atoms with E-state index in [0.29, 0.717) is 23.1 Å². The van der Waals surface area contributed by atoms with Crippen molar-refractivity contribution in [3.63, 3.8) is 0 Å². The van der Waals surface area contributed by atoms with Crippen molar-refractivity contribution >= 4 is 33.2 Å². The van der Waals surface area contributed by atoms with Gasteiger partial charge >= 0.3 is 0 Å². The molecule has 1 heterocycles. The Morgan fingerprint density at radius 3 is 2.56 bits per heavy atom. The highest BCUT2D eigenvalue weighted by atomic mass is 79.9. The van der Waals surface area contributed by atoms with Crippen molar-refractivity contribution in [3.8, 4) is 17.2 Å². The van der Waals surface area contributed by atoms with Crippen molar-refractivity contribution in [1.82, 2.24) is 4.90 Å². The molecule has 0 aromatic heterocycles. The van der Waals surface area contributed by atoms with Gasteiger partial charge in [0.05, 0.1) is 24.9 Å². The summed E-state index contributed by atoms with van der Waals surface area (Å²) in [6, 6.07) is 9.68. The first kappa shape index (κ1) is 20.1. The van der Waals surface area contributed by atoms with Crippen LogP contribution in [0.3, 0.4) is 0 Å². The van der Waals surface area contributed by atoms with Gasteiger partial charge in [-0.1, -0.05) is 17.7 Å². The van der Waals surface area contributed by atoms with Gasteiger partial charge in [-0.3, -0.25) is 0 Å². The van der Waals surface area contributed by atoms with Crippen LogP contribution in [0, 0.1) is 0 Å². The highest BCUT2D eigenvalue weighted by Crippen LogP contribution is 2.36. The van der Waals surface area contributed by atoms with E-state index in [0.717, 1.165) is 41.0 Å². The highest BCUT2D eigenvalue weighted by molar-refractivity contribution is 9.10. The molecule has 0 saturated carbocycles. The molecule has 1 N–H and O–H groups in total. The number of likely N-dealkylation sites (tertiary alicyclic amines) is 1. The molecule has 0 unspecified atom stereocenters. The zero-order valence-electron chi connectivity index (χ0n) is 15.7. The second kappa shape index (κ2) is 9.04. The molecule has 0 aliphatic carbocycles. The van der Waals surface area contributed by atoms with Crippen molar-refractivity contribution in [2.24, 2.45) is 0 Å². The van der Waals surface area contributed by atoms with Gasteiger partial charge in [0.2, 0.25) is 0 Å². The standard InChI is InChI=1S/C20H24BrClN2O3/c1-24-7-6-14(12-24)27-18-8-13(4-5-16(18)22)11-23-17-10-20(26-3)19(25-2)9-15(17)21/h4-5,8-10,14,23H,6-7,11-12H2,1-3H3/t14-/m1/s1. The zero-order chi connectivity index (χ0) is 19.4. The molecule has 1 aliphatic rings. The van der Waals surface area contributed by atoms with E-state index < -0.39 is 0 Å². The van der Waals surface area contributed by atoms with Crippen LogP contribution in [0.4, 0.5) is 5.69 Å². The predicted octanol–water partition coefficient (Wildman–Crippen LogP) is 4.81. The number of benzene rings is 2. The Balaban J connectivity index is 1.70. The Kier molecular flexibility index (Phi) is 6.73. The summed E-state index contributed by atoms with van der Waals surface area (Å²) < 4.78 is 17.7. The number of hydrogen-bond acceptors (Lipinski definition) is 5. The van der Waals surface area contributed by atoms with Crippen LogP contribution in [0.15, 0.2) is 34.8 Å². The van der Waals surface area contributed by atoms with E-state index in [1.54, 1.807) is 14.2 Å². The van der Waals surface area contributed by atoms with Crippen molar-refractivity contribution in [2.75, 3.05) is 39.7 Å². The van der Waals surface area contributed by atoms with E-state index in [2.05, 4.69) is 33.2 Å². The number of likely N-dealkylation sites (N-methyl/N-ethyl adjacent to an activating group) is 1. The molecular formula is C20H24BrClN2O3. The monoisotopic (exact) mass is 454 g/mol. The molecule has 2 aromatic rings. The van der Waals surface area contributed by atoms with Crippen LogP contribution in [-0.2, 0) is 6.54 Å². The second-order valence-electron chi connectivity index (χ2n) is 6.60. The number of methoxy groups -OCH3 is 2. The van der Waals surface area contributed by atoms with Crippen LogP contribution in [0.1, 0.15) is 12.0 Å². The van der Waals surface area contributed by atoms with Gasteiger partial charge in [-0.15, -0.1) is 0 Å². The fourth-order valence-corrected chi connectivity index (χ4v) is 3.73. The Morgan fingerprint density at radius 1 is 1.15 bits per heavy atom. The molecular weight excluding hydrogens is 432 g/mol. The van der Waals surface area contributed by atoms with Crippen molar-refractivity contribution in [2.45, 2.75) is 19.1 Å². The van der Waals surface area contributed by atoms with Crippen LogP contribution < -0.4 is 19.5 Å². The van der Waals surface area contributed by atoms with Crippen LogP contribution >= 0.6 is 27.5 Å². The molecule has 0 bridgehead atoms. The lowest BCUT2D eigenvalue weighted by Gasteiger charge is -2.17. The summed E-state index contributed by atoms with van der Waals surface area (Å²) in [6.07, 6.45) is 1.21. The Bertz CT molecular complexity index is 803. The fraction of sp³-hybridized carbons (Fsp3) is 0.400. The average molecular weight is 456 g/mol. The van der Waals surface area contributed by atoms with Crippen molar-refractivity contribution in [1.29, 1.82) is 0 Å². The molecule has 3 rings (SSSR count). The van der Waals surface area contributed by atoms with Crippen LogP contribution in [0.25, 0.3) is 0 Å². The van der Waals surface area contributed by atoms with E-state index in [9.17, 15) is 0 Å². The van der Waals surface area contributed by atoms with Gasteiger partial charge in [0, 0.05) is 36.2 Å². The third-order valence-electron chi connectivity index (χ3n) is 4.59. The molecule has 0 radical (unpaired) electrons. The molecule has 0 spiro atoms. The molecule has 2 aromatic carbocycles. The number of hydrogen-bond donors (Lipinski definition) is 1. The summed E-state index contributed by atoms with van der Waals surface area (Å²) in [6.45, 7) is 2.61. The maximum Gasteiger partial charge on any atom is 0.162 e. The van der Waals surface area contributed by atoms with Gasteiger partial charge < -0.3 is 24.4 Å². The van der Waals surface area contributed by atoms with E-state index in [-0.39, 0.29) is 6.10 Å². The van der Waals surface area contributed by atoms with Gasteiger partial charge in [0.25, 0.3) is 0 Å². The molecule has 27 heavy (non-hydrogen) atoms. The molecule has 1 atom stereocenters. The summed E-state index contributed by atoms with van der Waals surface area (Å²) in [5.41, 5.74) is 2.00. The predicted molar refractivity (Wildman–Crippen MR) is 113 cm³/mol. The SMILES string of the molecule is COc1cc(Br)c(NCc2ccc(Cl)c(O[C@@H]3CCN(C)C3)c2)cc1OC. The van der Waals surface area contributed by atoms with Gasteiger partial charge in [0.1, 0.15) is 11.9 Å². The molecule has 1 saturated heterocycles.